The molecule has 3 aliphatic carbocycles. The summed E-state index contributed by atoms with van der Waals surface area (Å²) in [6.07, 6.45) is 22.0. The highest BCUT2D eigenvalue weighted by Crippen LogP contribution is 2.45. The topological polar surface area (TPSA) is 17.1 Å². The first kappa shape index (κ1) is 18.5. The highest BCUT2D eigenvalue weighted by molar-refractivity contribution is 5.79. The Morgan fingerprint density at radius 2 is 1.33 bits per heavy atom. The zero-order chi connectivity index (χ0) is 16.8. The quantitative estimate of drug-likeness (QED) is 0.481. The van der Waals surface area contributed by atoms with E-state index in [1.54, 1.807) is 0 Å². The van der Waals surface area contributed by atoms with E-state index in [1.165, 1.54) is 89.9 Å². The molecule has 0 aromatic heterocycles. The Hall–Kier alpha value is -0.330. The third-order valence-corrected chi connectivity index (χ3v) is 7.78. The van der Waals surface area contributed by atoms with Crippen LogP contribution in [0.5, 0.6) is 0 Å². The number of unbranched alkanes of at least 4 members (excludes halogenated alkanes) is 2. The van der Waals surface area contributed by atoms with Gasteiger partial charge < -0.3 is 0 Å². The van der Waals surface area contributed by atoms with Crippen molar-refractivity contribution in [2.24, 2.45) is 29.6 Å². The third-order valence-electron chi connectivity index (χ3n) is 7.78. The molecule has 1 nitrogen and oxygen atoms in total. The summed E-state index contributed by atoms with van der Waals surface area (Å²) in [5.74, 6) is 5.31. The van der Waals surface area contributed by atoms with Crippen LogP contribution in [0.2, 0.25) is 0 Å². The highest BCUT2D eigenvalue weighted by atomic mass is 16.1. The van der Waals surface area contributed by atoms with Gasteiger partial charge in [0.25, 0.3) is 0 Å². The van der Waals surface area contributed by atoms with Gasteiger partial charge in [-0.1, -0.05) is 45.4 Å². The molecule has 0 aromatic rings. The molecule has 0 aromatic carbocycles. The zero-order valence-corrected chi connectivity index (χ0v) is 16.1. The molecule has 3 aliphatic rings. The summed E-state index contributed by atoms with van der Waals surface area (Å²) in [4.78, 5) is 11.8. The maximum atomic E-state index is 11.8. The van der Waals surface area contributed by atoms with Gasteiger partial charge in [-0.05, 0) is 81.0 Å². The summed E-state index contributed by atoms with van der Waals surface area (Å²) in [6, 6.07) is 0. The minimum absolute atomic E-state index is 0.551. The molecule has 138 valence electrons. The van der Waals surface area contributed by atoms with Crippen LogP contribution in [0.15, 0.2) is 0 Å². The number of carbonyl (C=O) groups excluding carboxylic acids is 1. The van der Waals surface area contributed by atoms with E-state index >= 15 is 0 Å². The van der Waals surface area contributed by atoms with Gasteiger partial charge in [0.1, 0.15) is 5.78 Å². The van der Waals surface area contributed by atoms with Crippen LogP contribution in [0.4, 0.5) is 0 Å². The van der Waals surface area contributed by atoms with Gasteiger partial charge in [-0.15, -0.1) is 0 Å². The molecule has 0 N–H and O–H groups in total. The van der Waals surface area contributed by atoms with Crippen molar-refractivity contribution in [2.45, 2.75) is 110 Å². The lowest BCUT2D eigenvalue weighted by Crippen LogP contribution is -2.30. The molecule has 0 saturated heterocycles. The Balaban J connectivity index is 1.36. The number of ketones is 1. The second-order valence-electron chi connectivity index (χ2n) is 9.35. The van der Waals surface area contributed by atoms with Crippen LogP contribution in [-0.2, 0) is 4.79 Å². The van der Waals surface area contributed by atoms with Gasteiger partial charge in [-0.25, -0.2) is 0 Å². The fourth-order valence-corrected chi connectivity index (χ4v) is 6.18. The Labute approximate surface area is 150 Å². The fraction of sp³-hybridized carbons (Fsp3) is 0.957. The largest absolute Gasteiger partial charge is 0.300 e. The number of Topliss-reactive ketones (excluding diaryl/α,β-unsaturated/α-hetero) is 1. The predicted molar refractivity (Wildman–Crippen MR) is 102 cm³/mol. The molecule has 0 spiro atoms. The Morgan fingerprint density at radius 1 is 0.750 bits per heavy atom. The van der Waals surface area contributed by atoms with Gasteiger partial charge in [0.15, 0.2) is 0 Å². The fourth-order valence-electron chi connectivity index (χ4n) is 6.18. The van der Waals surface area contributed by atoms with Crippen molar-refractivity contribution < 1.29 is 4.79 Å². The summed E-state index contributed by atoms with van der Waals surface area (Å²) in [5, 5.41) is 0. The van der Waals surface area contributed by atoms with Gasteiger partial charge in [0.05, 0.1) is 0 Å². The second-order valence-corrected chi connectivity index (χ2v) is 9.35. The normalized spacial score (nSPS) is 38.2. The van der Waals surface area contributed by atoms with Gasteiger partial charge in [-0.3, -0.25) is 4.79 Å². The first-order chi connectivity index (χ1) is 11.8. The van der Waals surface area contributed by atoms with Crippen LogP contribution in [0, 0.1) is 29.6 Å². The second kappa shape index (κ2) is 9.39. The van der Waals surface area contributed by atoms with Crippen LogP contribution in [0.25, 0.3) is 0 Å². The van der Waals surface area contributed by atoms with Crippen molar-refractivity contribution in [1.82, 2.24) is 0 Å². The van der Waals surface area contributed by atoms with E-state index in [9.17, 15) is 4.79 Å². The van der Waals surface area contributed by atoms with Crippen LogP contribution in [0.1, 0.15) is 110 Å². The van der Waals surface area contributed by atoms with Crippen molar-refractivity contribution >= 4 is 5.78 Å². The maximum absolute atomic E-state index is 11.8. The number of carbonyl (C=O) groups is 1. The summed E-state index contributed by atoms with van der Waals surface area (Å²) in [6.45, 7) is 2.32. The molecule has 0 radical (unpaired) electrons. The molecule has 3 saturated carbocycles. The standard InChI is InChI=1S/C23H40O/c1-2-3-4-6-18-9-11-19(12-10-18)20-13-15-21(16-14-20)22-7-5-8-23(24)17-22/h18-22H,2-17H2,1H3/t18-,19-,20?,21?,22?. The van der Waals surface area contributed by atoms with E-state index in [-0.39, 0.29) is 0 Å². The molecular weight excluding hydrogens is 292 g/mol. The number of rotatable bonds is 6. The van der Waals surface area contributed by atoms with E-state index in [0.717, 1.165) is 42.4 Å². The Bertz CT molecular complexity index is 371. The molecule has 1 unspecified atom stereocenters. The predicted octanol–water partition coefficient (Wildman–Crippen LogP) is 6.94. The lowest BCUT2D eigenvalue weighted by Gasteiger charge is -2.40. The van der Waals surface area contributed by atoms with E-state index in [1.807, 2.05) is 0 Å². The van der Waals surface area contributed by atoms with Gasteiger partial charge in [-0.2, -0.15) is 0 Å². The third kappa shape index (κ3) is 5.09. The van der Waals surface area contributed by atoms with Crippen LogP contribution >= 0.6 is 0 Å². The van der Waals surface area contributed by atoms with E-state index in [4.69, 9.17) is 0 Å². The van der Waals surface area contributed by atoms with Gasteiger partial charge in [0.2, 0.25) is 0 Å². The Kier molecular flexibility index (Phi) is 7.22. The first-order valence-corrected chi connectivity index (χ1v) is 11.3. The van der Waals surface area contributed by atoms with E-state index < -0.39 is 0 Å². The summed E-state index contributed by atoms with van der Waals surface area (Å²) >= 11 is 0. The number of hydrogen-bond acceptors (Lipinski definition) is 1. The molecule has 3 fully saturated rings. The van der Waals surface area contributed by atoms with E-state index in [0.29, 0.717) is 5.78 Å². The summed E-state index contributed by atoms with van der Waals surface area (Å²) in [5.41, 5.74) is 0. The lowest BCUT2D eigenvalue weighted by atomic mass is 9.65. The maximum Gasteiger partial charge on any atom is 0.133 e. The molecule has 0 heterocycles. The number of hydrogen-bond donors (Lipinski definition) is 0. The minimum atomic E-state index is 0.551. The molecular formula is C23H40O. The molecule has 0 amide bonds. The molecule has 0 bridgehead atoms. The molecule has 1 atom stereocenters. The summed E-state index contributed by atoms with van der Waals surface area (Å²) < 4.78 is 0. The molecule has 3 rings (SSSR count). The molecule has 0 aliphatic heterocycles. The van der Waals surface area contributed by atoms with Crippen molar-refractivity contribution in [2.75, 3.05) is 0 Å². The van der Waals surface area contributed by atoms with E-state index in [2.05, 4.69) is 6.92 Å². The zero-order valence-electron chi connectivity index (χ0n) is 16.1. The van der Waals surface area contributed by atoms with Gasteiger partial charge in [0, 0.05) is 12.8 Å². The highest BCUT2D eigenvalue weighted by Gasteiger charge is 2.34. The van der Waals surface area contributed by atoms with Crippen molar-refractivity contribution in [1.29, 1.82) is 0 Å². The van der Waals surface area contributed by atoms with Crippen LogP contribution < -0.4 is 0 Å². The van der Waals surface area contributed by atoms with Crippen molar-refractivity contribution in [3.05, 3.63) is 0 Å². The Morgan fingerprint density at radius 3 is 1.92 bits per heavy atom. The SMILES string of the molecule is CCCCC[C@H]1CC[C@H](C2CCC(C3CCCC(=O)C3)CC2)CC1. The minimum Gasteiger partial charge on any atom is -0.300 e. The van der Waals surface area contributed by atoms with Crippen LogP contribution in [0.3, 0.4) is 0 Å². The smallest absolute Gasteiger partial charge is 0.133 e. The first-order valence-electron chi connectivity index (χ1n) is 11.3. The average molecular weight is 333 g/mol. The lowest BCUT2D eigenvalue weighted by molar-refractivity contribution is -0.122. The monoisotopic (exact) mass is 332 g/mol. The average Bonchev–Trinajstić information content (AvgIpc) is 2.63. The molecule has 24 heavy (non-hydrogen) atoms. The van der Waals surface area contributed by atoms with Crippen molar-refractivity contribution in [3.63, 3.8) is 0 Å². The van der Waals surface area contributed by atoms with Crippen LogP contribution in [-0.4, -0.2) is 5.78 Å². The van der Waals surface area contributed by atoms with Gasteiger partial charge >= 0.3 is 0 Å². The van der Waals surface area contributed by atoms with Crippen molar-refractivity contribution in [3.8, 4) is 0 Å². The molecule has 1 heteroatoms. The summed E-state index contributed by atoms with van der Waals surface area (Å²) in [7, 11) is 0.